The maximum Gasteiger partial charge on any atom is 0.268 e. The van der Waals surface area contributed by atoms with Crippen molar-refractivity contribution in [1.82, 2.24) is 10.4 Å². The van der Waals surface area contributed by atoms with Crippen molar-refractivity contribution in [2.75, 3.05) is 38.6 Å². The summed E-state index contributed by atoms with van der Waals surface area (Å²) in [5, 5.41) is 1.97. The van der Waals surface area contributed by atoms with Crippen LogP contribution in [0.1, 0.15) is 13.8 Å². The molecule has 1 aliphatic heterocycles. The van der Waals surface area contributed by atoms with Crippen LogP contribution in [-0.2, 0) is 19.0 Å². The molecule has 0 atom stereocenters. The topological polar surface area (TPSA) is 67.9 Å². The number of hydrazine groups is 1. The standard InChI is InChI=1S/C9H20N2O4S/c1-9(2)15-16(12,13)8-3-10-11-4-6-14-7-5-11/h9-10H,3-8H2,1-2H3. The van der Waals surface area contributed by atoms with Gasteiger partial charge in [0.2, 0.25) is 0 Å². The van der Waals surface area contributed by atoms with Gasteiger partial charge in [0.15, 0.2) is 0 Å². The summed E-state index contributed by atoms with van der Waals surface area (Å²) in [5.74, 6) is -0.0114. The van der Waals surface area contributed by atoms with Gasteiger partial charge in [0.1, 0.15) is 0 Å². The molecule has 0 spiro atoms. The van der Waals surface area contributed by atoms with E-state index in [9.17, 15) is 8.42 Å². The Hall–Kier alpha value is -0.210. The van der Waals surface area contributed by atoms with Crippen LogP contribution < -0.4 is 5.43 Å². The van der Waals surface area contributed by atoms with Crippen LogP contribution in [0.3, 0.4) is 0 Å². The molecule has 1 N–H and O–H groups in total. The Labute approximate surface area is 97.0 Å². The van der Waals surface area contributed by atoms with E-state index in [2.05, 4.69) is 5.43 Å². The van der Waals surface area contributed by atoms with Crippen molar-refractivity contribution in [3.8, 4) is 0 Å². The van der Waals surface area contributed by atoms with Crippen LogP contribution in [0.25, 0.3) is 0 Å². The van der Waals surface area contributed by atoms with Gasteiger partial charge in [-0.3, -0.25) is 9.61 Å². The van der Waals surface area contributed by atoms with Gasteiger partial charge in [-0.25, -0.2) is 5.01 Å². The van der Waals surface area contributed by atoms with Gasteiger partial charge in [0, 0.05) is 19.6 Å². The molecular weight excluding hydrogens is 232 g/mol. The zero-order chi connectivity index (χ0) is 12.0. The molecule has 0 unspecified atom stereocenters. The maximum absolute atomic E-state index is 11.4. The lowest BCUT2D eigenvalue weighted by Crippen LogP contribution is -2.47. The number of rotatable bonds is 6. The van der Waals surface area contributed by atoms with Crippen LogP contribution in [0.15, 0.2) is 0 Å². The van der Waals surface area contributed by atoms with E-state index >= 15 is 0 Å². The minimum Gasteiger partial charge on any atom is -0.379 e. The van der Waals surface area contributed by atoms with Crippen LogP contribution >= 0.6 is 0 Å². The van der Waals surface area contributed by atoms with Crippen LogP contribution in [0.2, 0.25) is 0 Å². The summed E-state index contributed by atoms with van der Waals surface area (Å²) in [4.78, 5) is 0. The molecule has 0 aromatic heterocycles. The maximum atomic E-state index is 11.4. The first-order valence-corrected chi connectivity index (χ1v) is 7.04. The minimum atomic E-state index is -3.40. The molecule has 0 radical (unpaired) electrons. The number of nitrogens with zero attached hydrogens (tertiary/aromatic N) is 1. The molecule has 0 saturated carbocycles. The average molecular weight is 252 g/mol. The number of morpholine rings is 1. The second kappa shape index (κ2) is 6.51. The second-order valence-electron chi connectivity index (χ2n) is 3.91. The Morgan fingerprint density at radius 1 is 1.38 bits per heavy atom. The molecule has 0 aliphatic carbocycles. The third-order valence-electron chi connectivity index (χ3n) is 2.04. The summed E-state index contributed by atoms with van der Waals surface area (Å²) < 4.78 is 32.7. The lowest BCUT2D eigenvalue weighted by molar-refractivity contribution is 0.0132. The molecule has 0 amide bonds. The van der Waals surface area contributed by atoms with Crippen molar-refractivity contribution >= 4 is 10.1 Å². The largest absolute Gasteiger partial charge is 0.379 e. The molecule has 16 heavy (non-hydrogen) atoms. The van der Waals surface area contributed by atoms with Crippen molar-refractivity contribution in [2.24, 2.45) is 0 Å². The van der Waals surface area contributed by atoms with Gasteiger partial charge in [-0.05, 0) is 13.8 Å². The highest BCUT2D eigenvalue weighted by molar-refractivity contribution is 7.86. The molecule has 0 bridgehead atoms. The van der Waals surface area contributed by atoms with E-state index in [1.54, 1.807) is 13.8 Å². The predicted octanol–water partition coefficient (Wildman–Crippen LogP) is -0.422. The van der Waals surface area contributed by atoms with Crippen molar-refractivity contribution < 1.29 is 17.3 Å². The molecule has 1 heterocycles. The van der Waals surface area contributed by atoms with Gasteiger partial charge in [0.05, 0.1) is 25.1 Å². The zero-order valence-electron chi connectivity index (χ0n) is 9.81. The molecule has 1 aliphatic rings. The number of ether oxygens (including phenoxy) is 1. The van der Waals surface area contributed by atoms with Crippen LogP contribution in [0.5, 0.6) is 0 Å². The van der Waals surface area contributed by atoms with Gasteiger partial charge in [-0.1, -0.05) is 0 Å². The normalized spacial score (nSPS) is 19.2. The van der Waals surface area contributed by atoms with E-state index in [0.717, 1.165) is 13.1 Å². The Morgan fingerprint density at radius 3 is 2.56 bits per heavy atom. The van der Waals surface area contributed by atoms with Crippen molar-refractivity contribution in [3.05, 3.63) is 0 Å². The molecule has 0 aromatic carbocycles. The molecule has 1 fully saturated rings. The Balaban J connectivity index is 2.18. The fraction of sp³-hybridized carbons (Fsp3) is 1.00. The number of hydrogen-bond acceptors (Lipinski definition) is 6. The van der Waals surface area contributed by atoms with Gasteiger partial charge < -0.3 is 4.74 Å². The Kier molecular flexibility index (Phi) is 5.63. The van der Waals surface area contributed by atoms with Crippen molar-refractivity contribution in [2.45, 2.75) is 20.0 Å². The van der Waals surface area contributed by atoms with Crippen molar-refractivity contribution in [3.63, 3.8) is 0 Å². The highest BCUT2D eigenvalue weighted by atomic mass is 32.2. The monoisotopic (exact) mass is 252 g/mol. The molecule has 1 saturated heterocycles. The summed E-state index contributed by atoms with van der Waals surface area (Å²) in [6.45, 7) is 6.70. The third kappa shape index (κ3) is 5.76. The lowest BCUT2D eigenvalue weighted by Gasteiger charge is -2.27. The second-order valence-corrected chi connectivity index (χ2v) is 5.63. The Morgan fingerprint density at radius 2 is 2.00 bits per heavy atom. The first kappa shape index (κ1) is 13.9. The smallest absolute Gasteiger partial charge is 0.268 e. The fourth-order valence-corrected chi connectivity index (χ4v) is 2.42. The van der Waals surface area contributed by atoms with Gasteiger partial charge in [-0.2, -0.15) is 8.42 Å². The Bertz CT molecular complexity index is 286. The van der Waals surface area contributed by atoms with Gasteiger partial charge >= 0.3 is 0 Å². The highest BCUT2D eigenvalue weighted by Gasteiger charge is 2.15. The highest BCUT2D eigenvalue weighted by Crippen LogP contribution is 1.99. The van der Waals surface area contributed by atoms with Crippen LogP contribution in [0, 0.1) is 0 Å². The summed E-state index contributed by atoms with van der Waals surface area (Å²) in [5.41, 5.74) is 3.05. The SMILES string of the molecule is CC(C)OS(=O)(=O)CCNN1CCOCC1. The van der Waals surface area contributed by atoms with Crippen LogP contribution in [0.4, 0.5) is 0 Å². The molecular formula is C9H20N2O4S. The number of nitrogens with one attached hydrogen (secondary N) is 1. The van der Waals surface area contributed by atoms with E-state index in [4.69, 9.17) is 8.92 Å². The minimum absolute atomic E-state index is 0.0114. The first-order valence-electron chi connectivity index (χ1n) is 5.47. The van der Waals surface area contributed by atoms with Crippen LogP contribution in [-0.4, -0.2) is 58.1 Å². The zero-order valence-corrected chi connectivity index (χ0v) is 10.6. The molecule has 96 valence electrons. The molecule has 0 aromatic rings. The third-order valence-corrected chi connectivity index (χ3v) is 3.42. The van der Waals surface area contributed by atoms with E-state index < -0.39 is 10.1 Å². The summed E-state index contributed by atoms with van der Waals surface area (Å²) in [6.07, 6.45) is -0.298. The lowest BCUT2D eigenvalue weighted by atomic mass is 10.5. The predicted molar refractivity (Wildman–Crippen MR) is 60.4 cm³/mol. The van der Waals surface area contributed by atoms with E-state index in [1.807, 2.05) is 5.01 Å². The quantitative estimate of drug-likeness (QED) is 0.648. The van der Waals surface area contributed by atoms with E-state index in [1.165, 1.54) is 0 Å². The van der Waals surface area contributed by atoms with Gasteiger partial charge in [0.25, 0.3) is 10.1 Å². The van der Waals surface area contributed by atoms with Crippen molar-refractivity contribution in [1.29, 1.82) is 0 Å². The number of hydrogen-bond donors (Lipinski definition) is 1. The van der Waals surface area contributed by atoms with E-state index in [0.29, 0.717) is 19.8 Å². The van der Waals surface area contributed by atoms with Gasteiger partial charge in [-0.15, -0.1) is 0 Å². The summed E-state index contributed by atoms with van der Waals surface area (Å²) in [7, 11) is -3.40. The fourth-order valence-electron chi connectivity index (χ4n) is 1.39. The van der Waals surface area contributed by atoms with E-state index in [-0.39, 0.29) is 11.9 Å². The average Bonchev–Trinajstić information content (AvgIpc) is 2.16. The summed E-state index contributed by atoms with van der Waals surface area (Å²) in [6, 6.07) is 0. The first-order chi connectivity index (χ1) is 7.49. The summed E-state index contributed by atoms with van der Waals surface area (Å²) >= 11 is 0. The molecule has 6 nitrogen and oxygen atoms in total. The molecule has 1 rings (SSSR count). The molecule has 7 heteroatoms.